The Morgan fingerprint density at radius 3 is 1.83 bits per heavy atom. The van der Waals surface area contributed by atoms with Crippen molar-refractivity contribution in [2.45, 2.75) is 116 Å². The molecular weight excluding hydrogens is 316 g/mol. The van der Waals surface area contributed by atoms with Gasteiger partial charge in [0, 0.05) is 12.5 Å². The van der Waals surface area contributed by atoms with Gasteiger partial charge in [0.25, 0.3) is 0 Å². The lowest BCUT2D eigenvalue weighted by Crippen LogP contribution is -2.32. The number of methoxy groups -OCH3 is 1. The molecule has 0 aromatic heterocycles. The molecule has 1 unspecified atom stereocenters. The van der Waals surface area contributed by atoms with E-state index in [1.165, 1.54) is 64.9 Å². The fourth-order valence-electron chi connectivity index (χ4n) is 3.01. The molecule has 144 valence electrons. The van der Waals surface area contributed by atoms with Crippen molar-refractivity contribution in [2.75, 3.05) is 7.11 Å². The van der Waals surface area contributed by atoms with Crippen molar-refractivity contribution in [3.63, 3.8) is 0 Å². The van der Waals surface area contributed by atoms with Gasteiger partial charge in [0.15, 0.2) is 8.32 Å². The smallest absolute Gasteiger partial charge is 0.305 e. The topological polar surface area (TPSA) is 35.5 Å². The molecule has 0 heterocycles. The Hall–Kier alpha value is -0.353. The van der Waals surface area contributed by atoms with E-state index in [4.69, 9.17) is 9.16 Å². The first-order valence-electron chi connectivity index (χ1n) is 10.1. The summed E-state index contributed by atoms with van der Waals surface area (Å²) in [7, 11) is -0.0311. The minimum Gasteiger partial charge on any atom is -0.469 e. The maximum absolute atomic E-state index is 11.2. The molecule has 0 aliphatic carbocycles. The third kappa shape index (κ3) is 16.5. The highest BCUT2D eigenvalue weighted by atomic mass is 28.4. The number of rotatable bonds is 16. The number of hydrogen-bond acceptors (Lipinski definition) is 3. The molecule has 0 saturated heterocycles. The van der Waals surface area contributed by atoms with E-state index in [0.29, 0.717) is 12.5 Å². The second-order valence-corrected chi connectivity index (χ2v) is 12.4. The van der Waals surface area contributed by atoms with Crippen LogP contribution in [0.25, 0.3) is 0 Å². The Kier molecular flexibility index (Phi) is 14.7. The molecule has 0 aromatic carbocycles. The Morgan fingerprint density at radius 1 is 0.833 bits per heavy atom. The Balaban J connectivity index is 3.86. The van der Waals surface area contributed by atoms with Crippen molar-refractivity contribution in [1.82, 2.24) is 0 Å². The minimum absolute atomic E-state index is 0.0965. The second kappa shape index (κ2) is 14.9. The monoisotopic (exact) mass is 358 g/mol. The fourth-order valence-corrected chi connectivity index (χ4v) is 4.25. The summed E-state index contributed by atoms with van der Waals surface area (Å²) in [5.41, 5.74) is 0. The first kappa shape index (κ1) is 23.6. The predicted molar refractivity (Wildman–Crippen MR) is 106 cm³/mol. The molecule has 0 N–H and O–H groups in total. The van der Waals surface area contributed by atoms with E-state index in [9.17, 15) is 4.79 Å². The summed E-state index contributed by atoms with van der Waals surface area (Å²) in [5.74, 6) is -0.0965. The van der Waals surface area contributed by atoms with Crippen LogP contribution < -0.4 is 0 Å². The first-order chi connectivity index (χ1) is 11.4. The van der Waals surface area contributed by atoms with Crippen LogP contribution in [0.1, 0.15) is 90.4 Å². The van der Waals surface area contributed by atoms with E-state index in [-0.39, 0.29) is 5.97 Å². The minimum atomic E-state index is -1.49. The molecule has 0 amide bonds. The average molecular weight is 359 g/mol. The van der Waals surface area contributed by atoms with Crippen molar-refractivity contribution in [3.8, 4) is 0 Å². The van der Waals surface area contributed by atoms with Gasteiger partial charge in [0.1, 0.15) is 0 Å². The average Bonchev–Trinajstić information content (AvgIpc) is 2.52. The van der Waals surface area contributed by atoms with E-state index >= 15 is 0 Å². The van der Waals surface area contributed by atoms with Gasteiger partial charge in [-0.25, -0.2) is 0 Å². The molecule has 1 atom stereocenters. The zero-order chi connectivity index (χ0) is 18.3. The molecule has 0 aliphatic heterocycles. The lowest BCUT2D eigenvalue weighted by Gasteiger charge is -2.26. The number of hydrogen-bond donors (Lipinski definition) is 0. The summed E-state index contributed by atoms with van der Waals surface area (Å²) >= 11 is 0. The van der Waals surface area contributed by atoms with Crippen LogP contribution in [0.15, 0.2) is 0 Å². The molecule has 0 aromatic rings. The van der Waals surface area contributed by atoms with Crippen LogP contribution in [0, 0.1) is 0 Å². The molecule has 0 radical (unpaired) electrons. The van der Waals surface area contributed by atoms with Gasteiger partial charge in [0.05, 0.1) is 7.11 Å². The maximum Gasteiger partial charge on any atom is 0.305 e. The summed E-state index contributed by atoms with van der Waals surface area (Å²) in [5, 5.41) is 0. The second-order valence-electron chi connectivity index (χ2n) is 7.94. The SMILES string of the molecule is CCCCCCCCCCC(CCCCC(=O)OC)O[Si](C)(C)C. The summed E-state index contributed by atoms with van der Waals surface area (Å²) in [6, 6.07) is 0. The van der Waals surface area contributed by atoms with E-state index in [2.05, 4.69) is 26.6 Å². The molecule has 0 bridgehead atoms. The molecule has 0 spiro atoms. The lowest BCUT2D eigenvalue weighted by molar-refractivity contribution is -0.140. The van der Waals surface area contributed by atoms with Gasteiger partial charge < -0.3 is 9.16 Å². The normalized spacial score (nSPS) is 13.0. The van der Waals surface area contributed by atoms with Crippen molar-refractivity contribution < 1.29 is 14.0 Å². The van der Waals surface area contributed by atoms with Crippen LogP contribution in [0.2, 0.25) is 19.6 Å². The summed E-state index contributed by atoms with van der Waals surface area (Å²) < 4.78 is 11.1. The summed E-state index contributed by atoms with van der Waals surface area (Å²) in [6.07, 6.45) is 16.0. The number of unbranched alkanes of at least 4 members (excludes halogenated alkanes) is 8. The van der Waals surface area contributed by atoms with E-state index < -0.39 is 8.32 Å². The molecule has 24 heavy (non-hydrogen) atoms. The van der Waals surface area contributed by atoms with Gasteiger partial charge in [-0.1, -0.05) is 64.7 Å². The zero-order valence-electron chi connectivity index (χ0n) is 17.0. The third-order valence-corrected chi connectivity index (χ3v) is 5.32. The Bertz CT molecular complexity index is 300. The molecule has 4 heteroatoms. The molecule has 0 fully saturated rings. The molecule has 3 nitrogen and oxygen atoms in total. The third-order valence-electron chi connectivity index (χ3n) is 4.28. The van der Waals surface area contributed by atoms with Gasteiger partial charge in [-0.05, 0) is 38.9 Å². The highest BCUT2D eigenvalue weighted by Crippen LogP contribution is 2.20. The number of carbonyl (C=O) groups is 1. The maximum atomic E-state index is 11.2. The largest absolute Gasteiger partial charge is 0.469 e. The molecule has 0 rings (SSSR count). The lowest BCUT2D eigenvalue weighted by atomic mass is 10.0. The zero-order valence-corrected chi connectivity index (χ0v) is 18.0. The summed E-state index contributed by atoms with van der Waals surface area (Å²) in [4.78, 5) is 11.2. The van der Waals surface area contributed by atoms with Crippen LogP contribution in [0.4, 0.5) is 0 Å². The Labute approximate surface area is 152 Å². The standard InChI is InChI=1S/C20H42O3Si/c1-6-7-8-9-10-11-12-13-16-19(23-24(3,4)5)17-14-15-18-20(21)22-2/h19H,6-18H2,1-5H3. The molecule has 0 saturated carbocycles. The van der Waals surface area contributed by atoms with Gasteiger partial charge in [-0.3, -0.25) is 4.79 Å². The molecule has 0 aliphatic rings. The van der Waals surface area contributed by atoms with Crippen molar-refractivity contribution in [3.05, 3.63) is 0 Å². The molecular formula is C20H42O3Si. The van der Waals surface area contributed by atoms with Gasteiger partial charge in [-0.15, -0.1) is 0 Å². The van der Waals surface area contributed by atoms with Gasteiger partial charge >= 0.3 is 5.97 Å². The van der Waals surface area contributed by atoms with Crippen molar-refractivity contribution in [1.29, 1.82) is 0 Å². The van der Waals surface area contributed by atoms with Crippen molar-refractivity contribution in [2.24, 2.45) is 0 Å². The van der Waals surface area contributed by atoms with Crippen LogP contribution in [-0.2, 0) is 14.0 Å². The highest BCUT2D eigenvalue weighted by molar-refractivity contribution is 6.69. The highest BCUT2D eigenvalue weighted by Gasteiger charge is 2.20. The van der Waals surface area contributed by atoms with E-state index in [1.54, 1.807) is 0 Å². The quantitative estimate of drug-likeness (QED) is 0.180. The van der Waals surface area contributed by atoms with Crippen LogP contribution >= 0.6 is 0 Å². The predicted octanol–water partition coefficient (Wildman–Crippen LogP) is 6.47. The summed E-state index contributed by atoms with van der Waals surface area (Å²) in [6.45, 7) is 9.07. The number of esters is 1. The van der Waals surface area contributed by atoms with Crippen LogP contribution in [0.5, 0.6) is 0 Å². The van der Waals surface area contributed by atoms with Gasteiger partial charge in [-0.2, -0.15) is 0 Å². The van der Waals surface area contributed by atoms with Gasteiger partial charge in [0.2, 0.25) is 0 Å². The van der Waals surface area contributed by atoms with Crippen molar-refractivity contribution >= 4 is 14.3 Å². The number of carbonyl (C=O) groups excluding carboxylic acids is 1. The number of ether oxygens (including phenoxy) is 1. The Morgan fingerprint density at radius 2 is 1.33 bits per heavy atom. The first-order valence-corrected chi connectivity index (χ1v) is 13.5. The van der Waals surface area contributed by atoms with E-state index in [0.717, 1.165) is 19.3 Å². The van der Waals surface area contributed by atoms with E-state index in [1.807, 2.05) is 0 Å². The fraction of sp³-hybridized carbons (Fsp3) is 0.950. The van der Waals surface area contributed by atoms with Crippen LogP contribution in [0.3, 0.4) is 0 Å². The van der Waals surface area contributed by atoms with Crippen LogP contribution in [-0.4, -0.2) is 27.5 Å².